The fourth-order valence-electron chi connectivity index (χ4n) is 3.65. The van der Waals surface area contributed by atoms with Crippen molar-refractivity contribution in [3.63, 3.8) is 0 Å². The third kappa shape index (κ3) is 7.12. The Morgan fingerprint density at radius 1 is 1.10 bits per heavy atom. The van der Waals surface area contributed by atoms with Gasteiger partial charge in [0.05, 0.1) is 13.5 Å². The fourth-order valence-corrected chi connectivity index (χ4v) is 3.65. The van der Waals surface area contributed by atoms with Gasteiger partial charge in [0.15, 0.2) is 0 Å². The summed E-state index contributed by atoms with van der Waals surface area (Å²) in [5, 5.41) is 3.01. The number of nitrogens with one attached hydrogen (secondary N) is 1. The van der Waals surface area contributed by atoms with E-state index in [0.717, 1.165) is 40.8 Å². The first kappa shape index (κ1) is 24.4. The molecule has 31 heavy (non-hydrogen) atoms. The van der Waals surface area contributed by atoms with Crippen LogP contribution in [0.4, 0.5) is 0 Å². The molecule has 0 spiro atoms. The van der Waals surface area contributed by atoms with Crippen LogP contribution >= 0.6 is 0 Å². The number of hydrogen-bond donors (Lipinski definition) is 1. The molecule has 1 N–H and O–H groups in total. The molecule has 0 bridgehead atoms. The molecule has 2 amide bonds. The standard InChI is InChI=1S/C26H36N2O3/c1-6-8-14-27-26(30)24(7-2)28(18-21-10-9-11-23(16-21)31-5)25(29)17-22-15-19(3)12-13-20(22)4/h9-13,15-16,24H,6-8,14,17-18H2,1-5H3,(H,27,30)/t24-/m1/s1. The summed E-state index contributed by atoms with van der Waals surface area (Å²) in [4.78, 5) is 28.2. The van der Waals surface area contributed by atoms with Gasteiger partial charge in [0.2, 0.25) is 11.8 Å². The van der Waals surface area contributed by atoms with Crippen LogP contribution in [0.25, 0.3) is 0 Å². The maximum atomic E-state index is 13.5. The molecule has 5 nitrogen and oxygen atoms in total. The van der Waals surface area contributed by atoms with E-state index in [1.807, 2.05) is 57.2 Å². The zero-order chi connectivity index (χ0) is 22.8. The monoisotopic (exact) mass is 424 g/mol. The number of methoxy groups -OCH3 is 1. The molecule has 0 saturated carbocycles. The average Bonchev–Trinajstić information content (AvgIpc) is 2.76. The molecule has 1 atom stereocenters. The van der Waals surface area contributed by atoms with Crippen molar-refractivity contribution >= 4 is 11.8 Å². The zero-order valence-electron chi connectivity index (χ0n) is 19.5. The maximum Gasteiger partial charge on any atom is 0.242 e. The predicted molar refractivity (Wildman–Crippen MR) is 125 cm³/mol. The lowest BCUT2D eigenvalue weighted by Gasteiger charge is -2.31. The van der Waals surface area contributed by atoms with E-state index in [1.165, 1.54) is 0 Å². The number of ether oxygens (including phenoxy) is 1. The molecular formula is C26H36N2O3. The van der Waals surface area contributed by atoms with Crippen LogP contribution in [0.2, 0.25) is 0 Å². The number of rotatable bonds is 11. The van der Waals surface area contributed by atoms with Crippen LogP contribution in [-0.2, 0) is 22.6 Å². The first-order valence-corrected chi connectivity index (χ1v) is 11.2. The van der Waals surface area contributed by atoms with Gasteiger partial charge in [-0.3, -0.25) is 9.59 Å². The summed E-state index contributed by atoms with van der Waals surface area (Å²) in [6, 6.07) is 13.3. The van der Waals surface area contributed by atoms with E-state index >= 15 is 0 Å². The van der Waals surface area contributed by atoms with Gasteiger partial charge in [0.25, 0.3) is 0 Å². The van der Waals surface area contributed by atoms with Gasteiger partial charge in [0.1, 0.15) is 11.8 Å². The minimum absolute atomic E-state index is 0.0472. The first-order chi connectivity index (χ1) is 14.9. The minimum atomic E-state index is -0.513. The quantitative estimate of drug-likeness (QED) is 0.537. The molecule has 0 heterocycles. The van der Waals surface area contributed by atoms with Crippen LogP contribution in [-0.4, -0.2) is 36.4 Å². The van der Waals surface area contributed by atoms with Crippen molar-refractivity contribution in [3.8, 4) is 5.75 Å². The Hall–Kier alpha value is -2.82. The largest absolute Gasteiger partial charge is 0.497 e. The number of carbonyl (C=O) groups excluding carboxylic acids is 2. The van der Waals surface area contributed by atoms with Gasteiger partial charge in [-0.05, 0) is 55.5 Å². The Morgan fingerprint density at radius 2 is 1.87 bits per heavy atom. The molecule has 0 aliphatic carbocycles. The van der Waals surface area contributed by atoms with E-state index in [2.05, 4.69) is 18.3 Å². The van der Waals surface area contributed by atoms with Crippen molar-refractivity contribution in [2.75, 3.05) is 13.7 Å². The molecule has 0 aromatic heterocycles. The average molecular weight is 425 g/mol. The van der Waals surface area contributed by atoms with E-state index in [0.29, 0.717) is 19.5 Å². The molecule has 0 aliphatic rings. The molecule has 0 saturated heterocycles. The molecule has 5 heteroatoms. The van der Waals surface area contributed by atoms with Crippen LogP contribution in [0, 0.1) is 13.8 Å². The summed E-state index contributed by atoms with van der Waals surface area (Å²) in [6.45, 7) is 9.07. The zero-order valence-corrected chi connectivity index (χ0v) is 19.5. The lowest BCUT2D eigenvalue weighted by atomic mass is 10.0. The molecule has 2 aromatic rings. The molecule has 0 aliphatic heterocycles. The first-order valence-electron chi connectivity index (χ1n) is 11.2. The highest BCUT2D eigenvalue weighted by atomic mass is 16.5. The molecule has 0 radical (unpaired) electrons. The minimum Gasteiger partial charge on any atom is -0.497 e. The smallest absolute Gasteiger partial charge is 0.242 e. The van der Waals surface area contributed by atoms with Crippen molar-refractivity contribution in [2.45, 2.75) is 66.0 Å². The second-order valence-electron chi connectivity index (χ2n) is 8.05. The van der Waals surface area contributed by atoms with Crippen molar-refractivity contribution in [1.29, 1.82) is 0 Å². The summed E-state index contributed by atoms with van der Waals surface area (Å²) in [5.74, 6) is 0.599. The number of carbonyl (C=O) groups is 2. The van der Waals surface area contributed by atoms with Crippen molar-refractivity contribution in [3.05, 3.63) is 64.7 Å². The van der Waals surface area contributed by atoms with E-state index < -0.39 is 6.04 Å². The summed E-state index contributed by atoms with van der Waals surface area (Å²) >= 11 is 0. The van der Waals surface area contributed by atoms with Gasteiger partial charge in [-0.2, -0.15) is 0 Å². The number of amides is 2. The van der Waals surface area contributed by atoms with E-state index in [9.17, 15) is 9.59 Å². The summed E-state index contributed by atoms with van der Waals surface area (Å²) in [7, 11) is 1.62. The highest BCUT2D eigenvalue weighted by Gasteiger charge is 2.28. The van der Waals surface area contributed by atoms with Crippen LogP contribution in [0.1, 0.15) is 55.4 Å². The van der Waals surface area contributed by atoms with Crippen molar-refractivity contribution < 1.29 is 14.3 Å². The number of aryl methyl sites for hydroxylation is 2. The number of nitrogens with zero attached hydrogens (tertiary/aromatic N) is 1. The van der Waals surface area contributed by atoms with Crippen molar-refractivity contribution in [1.82, 2.24) is 10.2 Å². The second kappa shape index (κ2) is 12.1. The van der Waals surface area contributed by atoms with Crippen LogP contribution in [0.15, 0.2) is 42.5 Å². The Morgan fingerprint density at radius 3 is 2.55 bits per heavy atom. The summed E-state index contributed by atoms with van der Waals surface area (Å²) in [5.41, 5.74) is 4.15. The molecule has 0 fully saturated rings. The number of unbranched alkanes of at least 4 members (excludes halogenated alkanes) is 1. The van der Waals surface area contributed by atoms with E-state index in [-0.39, 0.29) is 18.2 Å². The van der Waals surface area contributed by atoms with Crippen LogP contribution in [0.3, 0.4) is 0 Å². The second-order valence-corrected chi connectivity index (χ2v) is 8.05. The third-order valence-electron chi connectivity index (χ3n) is 5.55. The highest BCUT2D eigenvalue weighted by Crippen LogP contribution is 2.19. The lowest BCUT2D eigenvalue weighted by molar-refractivity contribution is -0.140. The third-order valence-corrected chi connectivity index (χ3v) is 5.55. The highest BCUT2D eigenvalue weighted by molar-refractivity contribution is 5.88. The molecule has 168 valence electrons. The molecule has 0 unspecified atom stereocenters. The van der Waals surface area contributed by atoms with Crippen molar-refractivity contribution in [2.24, 2.45) is 0 Å². The Labute approximate surface area is 186 Å². The van der Waals surface area contributed by atoms with Gasteiger partial charge in [-0.15, -0.1) is 0 Å². The number of benzene rings is 2. The van der Waals surface area contributed by atoms with Gasteiger partial charge in [-0.25, -0.2) is 0 Å². The van der Waals surface area contributed by atoms with Gasteiger partial charge >= 0.3 is 0 Å². The Bertz CT molecular complexity index is 879. The maximum absolute atomic E-state index is 13.5. The molecular weight excluding hydrogens is 388 g/mol. The van der Waals surface area contributed by atoms with Gasteiger partial charge in [0, 0.05) is 13.1 Å². The fraction of sp³-hybridized carbons (Fsp3) is 0.462. The number of hydrogen-bond acceptors (Lipinski definition) is 3. The Kier molecular flexibility index (Phi) is 9.57. The topological polar surface area (TPSA) is 58.6 Å². The van der Waals surface area contributed by atoms with Gasteiger partial charge in [-0.1, -0.05) is 56.2 Å². The molecule has 2 aromatic carbocycles. The van der Waals surface area contributed by atoms with E-state index in [4.69, 9.17) is 4.74 Å². The van der Waals surface area contributed by atoms with Gasteiger partial charge < -0.3 is 15.0 Å². The Balaban J connectivity index is 2.31. The normalized spacial score (nSPS) is 11.6. The summed E-state index contributed by atoms with van der Waals surface area (Å²) in [6.07, 6.45) is 2.77. The van der Waals surface area contributed by atoms with Crippen LogP contribution in [0.5, 0.6) is 5.75 Å². The predicted octanol–water partition coefficient (Wildman–Crippen LogP) is 4.58. The van der Waals surface area contributed by atoms with Crippen LogP contribution < -0.4 is 10.1 Å². The lowest BCUT2D eigenvalue weighted by Crippen LogP contribution is -2.49. The van der Waals surface area contributed by atoms with E-state index in [1.54, 1.807) is 12.0 Å². The summed E-state index contributed by atoms with van der Waals surface area (Å²) < 4.78 is 5.34. The molecule has 2 rings (SSSR count). The SMILES string of the molecule is CCCCNC(=O)[C@@H](CC)N(Cc1cccc(OC)c1)C(=O)Cc1cc(C)ccc1C.